The van der Waals surface area contributed by atoms with Crippen molar-refractivity contribution in [3.05, 3.63) is 52.4 Å². The first-order valence-electron chi connectivity index (χ1n) is 15.4. The van der Waals surface area contributed by atoms with E-state index in [0.29, 0.717) is 77.1 Å². The number of hydrogen-bond acceptors (Lipinski definition) is 10. The Bertz CT molecular complexity index is 1230. The van der Waals surface area contributed by atoms with Gasteiger partial charge in [-0.2, -0.15) is 0 Å². The molecule has 3 atom stereocenters. The predicted octanol–water partition coefficient (Wildman–Crippen LogP) is 3.46. The number of nitrogens with zero attached hydrogens (tertiary/aromatic N) is 4. The van der Waals surface area contributed by atoms with Crippen LogP contribution < -0.4 is 10.2 Å². The lowest BCUT2D eigenvalue weighted by atomic mass is 9.97. The Labute approximate surface area is 265 Å². The van der Waals surface area contributed by atoms with Crippen LogP contribution in [-0.4, -0.2) is 103 Å². The maximum atomic E-state index is 13.8. The standard InChI is InChI=1S/C32H46ClN5O6/c1-22-19-26(39)29-28(22)30(36-21-35-29)37-11-13-38(14-12-37)31(41)25(23-5-7-24(33)8-6-23)20-34-10-16-43-18-17-42-15-9-27(40)44-32(2,3)4/h5-8,21-22,25-26,34,39H,9-20H2,1-4H3/t22-,25?,26-/m1/s1. The maximum Gasteiger partial charge on any atom is 0.308 e. The number of esters is 1. The minimum atomic E-state index is -0.549. The van der Waals surface area contributed by atoms with Crippen molar-refractivity contribution in [3.63, 3.8) is 0 Å². The molecule has 2 heterocycles. The van der Waals surface area contributed by atoms with Crippen molar-refractivity contribution < 1.29 is 28.9 Å². The number of aliphatic hydroxyl groups is 1. The molecule has 0 radical (unpaired) electrons. The van der Waals surface area contributed by atoms with E-state index in [-0.39, 0.29) is 30.1 Å². The molecule has 0 bridgehead atoms. The lowest BCUT2D eigenvalue weighted by Crippen LogP contribution is -2.51. The molecule has 1 unspecified atom stereocenters. The third kappa shape index (κ3) is 9.58. The highest BCUT2D eigenvalue weighted by molar-refractivity contribution is 6.30. The van der Waals surface area contributed by atoms with Crippen molar-refractivity contribution >= 4 is 29.3 Å². The van der Waals surface area contributed by atoms with Crippen LogP contribution in [0.5, 0.6) is 0 Å². The number of amides is 1. The molecule has 44 heavy (non-hydrogen) atoms. The van der Waals surface area contributed by atoms with E-state index >= 15 is 0 Å². The Balaban J connectivity index is 1.22. The normalized spacial score (nSPS) is 19.1. The summed E-state index contributed by atoms with van der Waals surface area (Å²) in [6.07, 6.45) is 1.84. The molecule has 12 heteroatoms. The predicted molar refractivity (Wildman–Crippen MR) is 168 cm³/mol. The van der Waals surface area contributed by atoms with Crippen molar-refractivity contribution in [1.82, 2.24) is 20.2 Å². The monoisotopic (exact) mass is 631 g/mol. The molecular formula is C32H46ClN5O6. The SMILES string of the molecule is C[C@@H]1C[C@@H](O)c2ncnc(N3CCN(C(=O)C(CNCCOCCOCCC(=O)OC(C)(C)C)c4ccc(Cl)cc4)CC3)c21. The smallest absolute Gasteiger partial charge is 0.308 e. The van der Waals surface area contributed by atoms with Crippen molar-refractivity contribution in [2.24, 2.45) is 0 Å². The Hall–Kier alpha value is -2.83. The molecule has 4 rings (SSSR count). The summed E-state index contributed by atoms with van der Waals surface area (Å²) in [5.41, 5.74) is 2.16. The van der Waals surface area contributed by atoms with Crippen molar-refractivity contribution in [3.8, 4) is 0 Å². The van der Waals surface area contributed by atoms with Gasteiger partial charge in [0.05, 0.1) is 50.6 Å². The van der Waals surface area contributed by atoms with Gasteiger partial charge in [0.15, 0.2) is 0 Å². The highest BCUT2D eigenvalue weighted by Crippen LogP contribution is 2.42. The molecule has 1 saturated heterocycles. The van der Waals surface area contributed by atoms with Crippen molar-refractivity contribution in [2.75, 3.05) is 70.6 Å². The number of hydrogen-bond donors (Lipinski definition) is 2. The van der Waals surface area contributed by atoms with Crippen molar-refractivity contribution in [1.29, 1.82) is 0 Å². The van der Waals surface area contributed by atoms with E-state index in [4.69, 9.17) is 25.8 Å². The largest absolute Gasteiger partial charge is 0.460 e. The van der Waals surface area contributed by atoms with Gasteiger partial charge in [0.25, 0.3) is 0 Å². The molecule has 1 aliphatic carbocycles. The number of anilines is 1. The summed E-state index contributed by atoms with van der Waals surface area (Å²) >= 11 is 6.13. The third-order valence-electron chi connectivity index (χ3n) is 7.75. The summed E-state index contributed by atoms with van der Waals surface area (Å²) in [5.74, 6) is 0.481. The van der Waals surface area contributed by atoms with Crippen LogP contribution >= 0.6 is 11.6 Å². The van der Waals surface area contributed by atoms with E-state index < -0.39 is 11.7 Å². The van der Waals surface area contributed by atoms with Gasteiger partial charge in [-0.1, -0.05) is 30.7 Å². The van der Waals surface area contributed by atoms with E-state index in [1.165, 1.54) is 6.33 Å². The zero-order chi connectivity index (χ0) is 31.7. The molecule has 242 valence electrons. The average molecular weight is 632 g/mol. The van der Waals surface area contributed by atoms with Crippen LogP contribution in [0.15, 0.2) is 30.6 Å². The Kier molecular flexibility index (Phi) is 12.3. The summed E-state index contributed by atoms with van der Waals surface area (Å²) in [5, 5.41) is 14.4. The molecule has 1 aliphatic heterocycles. The number of halogens is 1. The third-order valence-corrected chi connectivity index (χ3v) is 8.01. The van der Waals surface area contributed by atoms with Gasteiger partial charge >= 0.3 is 5.97 Å². The number of nitrogens with one attached hydrogen (secondary N) is 1. The minimum absolute atomic E-state index is 0.0653. The summed E-state index contributed by atoms with van der Waals surface area (Å²) in [6.45, 7) is 12.7. The quantitative estimate of drug-likeness (QED) is 0.236. The van der Waals surface area contributed by atoms with Crippen LogP contribution in [-0.2, 0) is 23.8 Å². The maximum absolute atomic E-state index is 13.8. The zero-order valence-corrected chi connectivity index (χ0v) is 27.0. The number of piperazine rings is 1. The number of carbonyl (C=O) groups is 2. The molecule has 1 fully saturated rings. The lowest BCUT2D eigenvalue weighted by molar-refractivity contribution is -0.156. The van der Waals surface area contributed by atoms with E-state index in [1.54, 1.807) is 0 Å². The van der Waals surface area contributed by atoms with E-state index in [0.717, 1.165) is 22.6 Å². The Morgan fingerprint density at radius 1 is 1.05 bits per heavy atom. The van der Waals surface area contributed by atoms with Gasteiger partial charge in [0.2, 0.25) is 5.91 Å². The summed E-state index contributed by atoms with van der Waals surface area (Å²) < 4.78 is 16.4. The molecule has 2 N–H and O–H groups in total. The number of rotatable bonds is 14. The Morgan fingerprint density at radius 2 is 1.73 bits per heavy atom. The molecule has 2 aliphatic rings. The summed E-state index contributed by atoms with van der Waals surface area (Å²) in [4.78, 5) is 38.5. The second-order valence-corrected chi connectivity index (χ2v) is 12.8. The van der Waals surface area contributed by atoms with Gasteiger partial charge in [-0.25, -0.2) is 9.97 Å². The second-order valence-electron chi connectivity index (χ2n) is 12.3. The highest BCUT2D eigenvalue weighted by atomic mass is 35.5. The zero-order valence-electron chi connectivity index (χ0n) is 26.3. The first-order valence-corrected chi connectivity index (χ1v) is 15.8. The minimum Gasteiger partial charge on any atom is -0.460 e. The summed E-state index contributed by atoms with van der Waals surface area (Å²) in [6, 6.07) is 7.44. The number of fused-ring (bicyclic) bond motifs is 1. The van der Waals surface area contributed by atoms with Gasteiger partial charge in [-0.3, -0.25) is 9.59 Å². The van der Waals surface area contributed by atoms with Crippen LogP contribution in [0, 0.1) is 0 Å². The average Bonchev–Trinajstić information content (AvgIpc) is 3.28. The van der Waals surface area contributed by atoms with Crippen molar-refractivity contribution in [2.45, 2.75) is 64.1 Å². The first-order chi connectivity index (χ1) is 21.0. The fourth-order valence-corrected chi connectivity index (χ4v) is 5.74. The fourth-order valence-electron chi connectivity index (χ4n) is 5.62. The topological polar surface area (TPSA) is 126 Å². The number of aliphatic hydroxyl groups excluding tert-OH is 1. The number of carbonyl (C=O) groups excluding carboxylic acids is 2. The van der Waals surface area contributed by atoms with Crippen LogP contribution in [0.1, 0.15) is 75.3 Å². The van der Waals surface area contributed by atoms with Gasteiger partial charge in [0.1, 0.15) is 17.7 Å². The number of aromatic nitrogens is 2. The molecule has 1 aromatic heterocycles. The molecule has 11 nitrogen and oxygen atoms in total. The second kappa shape index (κ2) is 15.9. The lowest BCUT2D eigenvalue weighted by Gasteiger charge is -2.38. The van der Waals surface area contributed by atoms with Crippen LogP contribution in [0.25, 0.3) is 0 Å². The van der Waals surface area contributed by atoms with E-state index in [1.807, 2.05) is 49.9 Å². The molecule has 1 aromatic carbocycles. The number of ether oxygens (including phenoxy) is 3. The number of benzene rings is 1. The highest BCUT2D eigenvalue weighted by Gasteiger charge is 2.35. The van der Waals surface area contributed by atoms with Crippen LogP contribution in [0.3, 0.4) is 0 Å². The molecular weight excluding hydrogens is 586 g/mol. The van der Waals surface area contributed by atoms with Gasteiger partial charge < -0.3 is 34.4 Å². The molecule has 2 aromatic rings. The van der Waals surface area contributed by atoms with E-state index in [9.17, 15) is 14.7 Å². The molecule has 0 spiro atoms. The Morgan fingerprint density at radius 3 is 2.41 bits per heavy atom. The van der Waals surface area contributed by atoms with Gasteiger partial charge in [-0.15, -0.1) is 0 Å². The van der Waals surface area contributed by atoms with Crippen LogP contribution in [0.2, 0.25) is 5.02 Å². The first kappa shape index (κ1) is 34.1. The van der Waals surface area contributed by atoms with Gasteiger partial charge in [0, 0.05) is 49.9 Å². The van der Waals surface area contributed by atoms with E-state index in [2.05, 4.69) is 27.1 Å². The molecule has 0 saturated carbocycles. The fraction of sp³-hybridized carbons (Fsp3) is 0.625. The van der Waals surface area contributed by atoms with Crippen LogP contribution in [0.4, 0.5) is 5.82 Å². The molecule has 1 amide bonds. The summed E-state index contributed by atoms with van der Waals surface area (Å²) in [7, 11) is 0. The van der Waals surface area contributed by atoms with Gasteiger partial charge in [-0.05, 0) is 50.8 Å².